The predicted octanol–water partition coefficient (Wildman–Crippen LogP) is 4.45. The Balaban J connectivity index is 1.84. The van der Waals surface area contributed by atoms with Gasteiger partial charge in [0.1, 0.15) is 0 Å². The fraction of sp³-hybridized carbons (Fsp3) is 0.103. The number of amides is 1. The quantitative estimate of drug-likeness (QED) is 0.322. The SMILES string of the molecule is COC(=O)c1cccc(C)c1NC(=O)C[PH](c1ccccc1)(c1ccccc1)c1ccccc1. The molecule has 1 amide bonds. The maximum absolute atomic E-state index is 13.7. The van der Waals surface area contributed by atoms with Gasteiger partial charge in [-0.25, -0.2) is 0 Å². The van der Waals surface area contributed by atoms with E-state index in [4.69, 9.17) is 4.74 Å². The number of carbonyl (C=O) groups is 2. The zero-order valence-electron chi connectivity index (χ0n) is 19.3. The molecule has 4 nitrogen and oxygen atoms in total. The van der Waals surface area contributed by atoms with Crippen LogP contribution >= 0.6 is 7.26 Å². The second kappa shape index (κ2) is 10.5. The third-order valence-corrected chi connectivity index (χ3v) is 11.0. The molecule has 4 rings (SSSR count). The molecule has 0 saturated carbocycles. The van der Waals surface area contributed by atoms with Crippen LogP contribution in [0.25, 0.3) is 0 Å². The van der Waals surface area contributed by atoms with Crippen molar-refractivity contribution in [1.29, 1.82) is 0 Å². The van der Waals surface area contributed by atoms with Gasteiger partial charge in [0.15, 0.2) is 0 Å². The molecule has 5 heteroatoms. The third-order valence-electron chi connectivity index (χ3n) is 6.17. The summed E-state index contributed by atoms with van der Waals surface area (Å²) in [4.78, 5) is 26.1. The number of methoxy groups -OCH3 is 1. The number of esters is 1. The third kappa shape index (κ3) is 4.64. The van der Waals surface area contributed by atoms with Crippen LogP contribution in [0, 0.1) is 6.92 Å². The van der Waals surface area contributed by atoms with Crippen molar-refractivity contribution in [3.8, 4) is 0 Å². The van der Waals surface area contributed by atoms with Gasteiger partial charge in [0, 0.05) is 0 Å². The fourth-order valence-corrected chi connectivity index (χ4v) is 8.98. The normalized spacial score (nSPS) is 11.5. The zero-order chi connectivity index (χ0) is 24.0. The summed E-state index contributed by atoms with van der Waals surface area (Å²) < 4.78 is 4.94. The van der Waals surface area contributed by atoms with E-state index in [2.05, 4.69) is 41.7 Å². The second-order valence-corrected chi connectivity index (χ2v) is 12.1. The summed E-state index contributed by atoms with van der Waals surface area (Å²) in [7, 11) is -1.40. The van der Waals surface area contributed by atoms with Crippen molar-refractivity contribution in [1.82, 2.24) is 0 Å². The predicted molar refractivity (Wildman–Crippen MR) is 143 cm³/mol. The van der Waals surface area contributed by atoms with E-state index >= 15 is 0 Å². The molecule has 0 heterocycles. The maximum atomic E-state index is 13.7. The van der Waals surface area contributed by atoms with Gasteiger partial charge in [-0.1, -0.05) is 0 Å². The van der Waals surface area contributed by atoms with E-state index < -0.39 is 13.2 Å². The van der Waals surface area contributed by atoms with Crippen LogP contribution in [0.5, 0.6) is 0 Å². The average Bonchev–Trinajstić information content (AvgIpc) is 2.89. The summed E-state index contributed by atoms with van der Waals surface area (Å²) in [6.45, 7) is 1.87. The molecule has 0 unspecified atom stereocenters. The number of rotatable bonds is 7. The van der Waals surface area contributed by atoms with Gasteiger partial charge in [-0.15, -0.1) is 0 Å². The average molecular weight is 470 g/mol. The summed E-state index contributed by atoms with van der Waals surface area (Å²) in [5.74, 6) is -0.612. The van der Waals surface area contributed by atoms with Crippen LogP contribution in [-0.2, 0) is 9.53 Å². The molecule has 34 heavy (non-hydrogen) atoms. The molecule has 0 atom stereocenters. The topological polar surface area (TPSA) is 55.4 Å². The van der Waals surface area contributed by atoms with Gasteiger partial charge in [0.25, 0.3) is 0 Å². The van der Waals surface area contributed by atoms with Crippen LogP contribution in [0.15, 0.2) is 109 Å². The van der Waals surface area contributed by atoms with Crippen molar-refractivity contribution in [2.24, 2.45) is 0 Å². The van der Waals surface area contributed by atoms with Gasteiger partial charge in [-0.3, -0.25) is 0 Å². The van der Waals surface area contributed by atoms with Crippen LogP contribution < -0.4 is 21.2 Å². The number of carbonyl (C=O) groups excluding carboxylic acids is 2. The summed E-state index contributed by atoms with van der Waals surface area (Å²) in [6, 6.07) is 36.2. The number of hydrogen-bond acceptors (Lipinski definition) is 3. The van der Waals surface area contributed by atoms with E-state index in [9.17, 15) is 9.59 Å². The molecular weight excluding hydrogens is 441 g/mol. The van der Waals surface area contributed by atoms with Gasteiger partial charge >= 0.3 is 201 Å². The van der Waals surface area contributed by atoms with Crippen molar-refractivity contribution in [3.63, 3.8) is 0 Å². The molecule has 172 valence electrons. The van der Waals surface area contributed by atoms with Crippen molar-refractivity contribution < 1.29 is 14.3 Å². The molecule has 0 aliphatic rings. The molecule has 1 N–H and O–H groups in total. The minimum absolute atomic E-state index is 0.136. The number of nitrogens with one attached hydrogen (secondary N) is 1. The molecule has 0 aliphatic carbocycles. The molecule has 0 bridgehead atoms. The van der Waals surface area contributed by atoms with Crippen molar-refractivity contribution in [2.45, 2.75) is 6.92 Å². The fourth-order valence-electron chi connectivity index (χ4n) is 4.51. The van der Waals surface area contributed by atoms with E-state index in [0.29, 0.717) is 17.4 Å². The van der Waals surface area contributed by atoms with Crippen LogP contribution in [0.1, 0.15) is 15.9 Å². The van der Waals surface area contributed by atoms with Crippen molar-refractivity contribution in [2.75, 3.05) is 18.6 Å². The number of aryl methyl sites for hydroxylation is 1. The molecule has 0 radical (unpaired) electrons. The number of hydrogen-bond donors (Lipinski definition) is 1. The van der Waals surface area contributed by atoms with Gasteiger partial charge < -0.3 is 0 Å². The van der Waals surface area contributed by atoms with E-state index in [-0.39, 0.29) is 5.91 Å². The number of para-hydroxylation sites is 1. The van der Waals surface area contributed by atoms with E-state index in [1.54, 1.807) is 12.1 Å². The summed E-state index contributed by atoms with van der Waals surface area (Å²) in [6.07, 6.45) is 0.292. The zero-order valence-corrected chi connectivity index (χ0v) is 20.3. The Morgan fingerprint density at radius 3 is 1.62 bits per heavy atom. The van der Waals surface area contributed by atoms with E-state index in [0.717, 1.165) is 21.5 Å². The monoisotopic (exact) mass is 469 g/mol. The van der Waals surface area contributed by atoms with Crippen molar-refractivity contribution in [3.05, 3.63) is 120 Å². The molecule has 0 fully saturated rings. The number of anilines is 1. The number of ether oxygens (including phenoxy) is 1. The summed E-state index contributed by atoms with van der Waals surface area (Å²) in [5, 5.41) is 6.51. The summed E-state index contributed by atoms with van der Waals surface area (Å²) in [5.41, 5.74) is 1.65. The van der Waals surface area contributed by atoms with E-state index in [1.165, 1.54) is 7.11 Å². The second-order valence-electron chi connectivity index (χ2n) is 8.22. The first-order chi connectivity index (χ1) is 16.6. The Bertz CT molecular complexity index is 1180. The first-order valence-corrected chi connectivity index (χ1v) is 13.4. The van der Waals surface area contributed by atoms with E-state index in [1.807, 2.05) is 67.6 Å². The Morgan fingerprint density at radius 1 is 0.706 bits per heavy atom. The molecule has 0 aromatic heterocycles. The van der Waals surface area contributed by atoms with Crippen LogP contribution in [-0.4, -0.2) is 25.1 Å². The minimum atomic E-state index is -2.74. The molecule has 0 aliphatic heterocycles. The Morgan fingerprint density at radius 2 is 1.18 bits per heavy atom. The Kier molecular flexibility index (Phi) is 7.20. The van der Waals surface area contributed by atoms with Crippen molar-refractivity contribution >= 4 is 40.7 Å². The molecular formula is C29H28NO3P. The van der Waals surface area contributed by atoms with Gasteiger partial charge in [0.05, 0.1) is 0 Å². The molecule has 4 aromatic rings. The molecule has 4 aromatic carbocycles. The number of benzene rings is 4. The first kappa shape index (κ1) is 23.4. The standard InChI is InChI=1S/C29H28NO3P/c1-22-13-12-20-26(29(32)33-2)28(22)30-27(31)21-34(23-14-6-3-7-15-23,24-16-8-4-9-17-24)25-18-10-5-11-19-25/h3-20,34H,21H2,1-2H3,(H,30,31). The molecule has 0 saturated heterocycles. The van der Waals surface area contributed by atoms with Crippen LogP contribution in [0.3, 0.4) is 0 Å². The Labute approximate surface area is 200 Å². The van der Waals surface area contributed by atoms with Gasteiger partial charge in [-0.2, -0.15) is 0 Å². The van der Waals surface area contributed by atoms with Gasteiger partial charge in [-0.05, 0) is 0 Å². The Hall–Kier alpha value is -3.75. The first-order valence-electron chi connectivity index (χ1n) is 11.2. The molecule has 0 spiro atoms. The van der Waals surface area contributed by atoms with Crippen LogP contribution in [0.2, 0.25) is 0 Å². The van der Waals surface area contributed by atoms with Crippen LogP contribution in [0.4, 0.5) is 5.69 Å². The van der Waals surface area contributed by atoms with Gasteiger partial charge in [0.2, 0.25) is 0 Å². The summed E-state index contributed by atoms with van der Waals surface area (Å²) >= 11 is 0.